The summed E-state index contributed by atoms with van der Waals surface area (Å²) in [5.41, 5.74) is 1.82. The Morgan fingerprint density at radius 3 is 2.83 bits per heavy atom. The predicted molar refractivity (Wildman–Crippen MR) is 76.3 cm³/mol. The lowest BCUT2D eigenvalue weighted by Crippen LogP contribution is -2.33. The monoisotopic (exact) mass is 305 g/mol. The maximum Gasteiger partial charge on any atom is 0.255 e. The van der Waals surface area contributed by atoms with E-state index in [4.69, 9.17) is 6.42 Å². The lowest BCUT2D eigenvalue weighted by atomic mass is 10.1. The Bertz CT molecular complexity index is 500. The molecule has 0 unspecified atom stereocenters. The number of carbonyl (C=O) groups excluding carboxylic acids is 1. The van der Waals surface area contributed by atoms with E-state index in [1.54, 1.807) is 4.90 Å². The first-order valence-electron chi connectivity index (χ1n) is 6.10. The quantitative estimate of drug-likeness (QED) is 0.782. The predicted octanol–water partition coefficient (Wildman–Crippen LogP) is 3.24. The van der Waals surface area contributed by atoms with Crippen molar-refractivity contribution in [3.8, 4) is 12.3 Å². The molecular formula is C15H16BrNO. The number of aryl methyl sites for hydroxylation is 1. The van der Waals surface area contributed by atoms with E-state index in [-0.39, 0.29) is 5.91 Å². The van der Waals surface area contributed by atoms with Crippen molar-refractivity contribution in [3.05, 3.63) is 33.8 Å². The summed E-state index contributed by atoms with van der Waals surface area (Å²) in [6, 6.07) is 5.76. The van der Waals surface area contributed by atoms with Gasteiger partial charge in [0.25, 0.3) is 5.91 Å². The Balaban J connectivity index is 2.18. The van der Waals surface area contributed by atoms with Crippen molar-refractivity contribution in [2.45, 2.75) is 19.8 Å². The molecule has 3 heteroatoms. The summed E-state index contributed by atoms with van der Waals surface area (Å²) in [6.45, 7) is 3.17. The van der Waals surface area contributed by atoms with E-state index in [1.807, 2.05) is 25.1 Å². The first-order chi connectivity index (χ1) is 8.61. The first kappa shape index (κ1) is 13.2. The van der Waals surface area contributed by atoms with Gasteiger partial charge in [0, 0.05) is 11.0 Å². The zero-order valence-corrected chi connectivity index (χ0v) is 12.0. The largest absolute Gasteiger partial charge is 0.327 e. The molecule has 0 atom stereocenters. The van der Waals surface area contributed by atoms with Crippen LogP contribution in [0.2, 0.25) is 0 Å². The summed E-state index contributed by atoms with van der Waals surface area (Å²) in [7, 11) is 0. The molecule has 18 heavy (non-hydrogen) atoms. The van der Waals surface area contributed by atoms with E-state index in [1.165, 1.54) is 12.8 Å². The zero-order valence-electron chi connectivity index (χ0n) is 10.4. The fraction of sp³-hybridized carbons (Fsp3) is 0.400. The van der Waals surface area contributed by atoms with Gasteiger partial charge >= 0.3 is 0 Å². The maximum absolute atomic E-state index is 12.4. The first-order valence-corrected chi connectivity index (χ1v) is 6.90. The van der Waals surface area contributed by atoms with Gasteiger partial charge in [0.2, 0.25) is 0 Å². The fourth-order valence-corrected chi connectivity index (χ4v) is 2.57. The Labute approximate surface area is 116 Å². The molecule has 1 aromatic rings. The molecule has 0 bridgehead atoms. The van der Waals surface area contributed by atoms with Crippen LogP contribution in [0, 0.1) is 25.2 Å². The minimum Gasteiger partial charge on any atom is -0.327 e. The standard InChI is InChI=1S/C15H16BrNO/c1-3-8-17(10-12-5-6-12)15(18)13-7-4-11(2)9-14(13)16/h1,4,7,9,12H,5-6,8,10H2,2H3. The van der Waals surface area contributed by atoms with Crippen molar-refractivity contribution < 1.29 is 4.79 Å². The Kier molecular flexibility index (Phi) is 4.08. The molecule has 1 aliphatic rings. The minimum absolute atomic E-state index is 0.0201. The molecule has 2 rings (SSSR count). The molecule has 1 amide bonds. The van der Waals surface area contributed by atoms with Gasteiger partial charge in [-0.25, -0.2) is 0 Å². The smallest absolute Gasteiger partial charge is 0.255 e. The van der Waals surface area contributed by atoms with Crippen LogP contribution in [0.3, 0.4) is 0 Å². The van der Waals surface area contributed by atoms with Crippen LogP contribution in [0.5, 0.6) is 0 Å². The molecule has 0 aliphatic heterocycles. The average molecular weight is 306 g/mol. The van der Waals surface area contributed by atoms with Crippen LogP contribution >= 0.6 is 15.9 Å². The van der Waals surface area contributed by atoms with Crippen molar-refractivity contribution in [2.24, 2.45) is 5.92 Å². The molecule has 0 N–H and O–H groups in total. The van der Waals surface area contributed by atoms with Gasteiger partial charge in [-0.05, 0) is 59.3 Å². The topological polar surface area (TPSA) is 20.3 Å². The highest BCUT2D eigenvalue weighted by atomic mass is 79.9. The molecule has 0 aromatic heterocycles. The van der Waals surface area contributed by atoms with Crippen molar-refractivity contribution >= 4 is 21.8 Å². The average Bonchev–Trinajstić information content (AvgIpc) is 3.11. The minimum atomic E-state index is 0.0201. The summed E-state index contributed by atoms with van der Waals surface area (Å²) in [5.74, 6) is 3.24. The second-order valence-corrected chi connectivity index (χ2v) is 5.67. The summed E-state index contributed by atoms with van der Waals surface area (Å²) >= 11 is 3.45. The summed E-state index contributed by atoms with van der Waals surface area (Å²) in [4.78, 5) is 14.2. The zero-order chi connectivity index (χ0) is 13.1. The summed E-state index contributed by atoms with van der Waals surface area (Å²) < 4.78 is 0.838. The van der Waals surface area contributed by atoms with Crippen LogP contribution in [0.25, 0.3) is 0 Å². The number of amides is 1. The van der Waals surface area contributed by atoms with Crippen LogP contribution in [0.1, 0.15) is 28.8 Å². The molecule has 0 saturated heterocycles. The molecular weight excluding hydrogens is 290 g/mol. The van der Waals surface area contributed by atoms with Gasteiger partial charge in [0.05, 0.1) is 12.1 Å². The molecule has 0 spiro atoms. The van der Waals surface area contributed by atoms with Gasteiger partial charge < -0.3 is 4.90 Å². The normalized spacial score (nSPS) is 14.1. The number of rotatable bonds is 4. The Hall–Kier alpha value is -1.27. The highest BCUT2D eigenvalue weighted by molar-refractivity contribution is 9.10. The van der Waals surface area contributed by atoms with Gasteiger partial charge in [-0.2, -0.15) is 0 Å². The highest BCUT2D eigenvalue weighted by Gasteiger charge is 2.27. The second kappa shape index (κ2) is 5.58. The summed E-state index contributed by atoms with van der Waals surface area (Å²) in [6.07, 6.45) is 7.77. The second-order valence-electron chi connectivity index (χ2n) is 4.82. The molecule has 0 radical (unpaired) electrons. The fourth-order valence-electron chi connectivity index (χ4n) is 1.91. The number of terminal acetylenes is 1. The van der Waals surface area contributed by atoms with Gasteiger partial charge in [-0.3, -0.25) is 4.79 Å². The van der Waals surface area contributed by atoms with Crippen molar-refractivity contribution in [1.29, 1.82) is 0 Å². The van der Waals surface area contributed by atoms with Gasteiger partial charge in [-0.15, -0.1) is 6.42 Å². The number of hydrogen-bond acceptors (Lipinski definition) is 1. The van der Waals surface area contributed by atoms with E-state index >= 15 is 0 Å². The van der Waals surface area contributed by atoms with Crippen LogP contribution in [0.4, 0.5) is 0 Å². The lowest BCUT2D eigenvalue weighted by molar-refractivity contribution is 0.0769. The van der Waals surface area contributed by atoms with Crippen LogP contribution < -0.4 is 0 Å². The van der Waals surface area contributed by atoms with Crippen molar-refractivity contribution in [3.63, 3.8) is 0 Å². The van der Waals surface area contributed by atoms with E-state index in [0.29, 0.717) is 18.0 Å². The molecule has 1 aliphatic carbocycles. The van der Waals surface area contributed by atoms with E-state index < -0.39 is 0 Å². The highest BCUT2D eigenvalue weighted by Crippen LogP contribution is 2.30. The molecule has 1 fully saturated rings. The molecule has 2 nitrogen and oxygen atoms in total. The Morgan fingerprint density at radius 2 is 2.28 bits per heavy atom. The third kappa shape index (κ3) is 3.14. The molecule has 0 heterocycles. The number of benzene rings is 1. The Morgan fingerprint density at radius 1 is 1.56 bits per heavy atom. The van der Waals surface area contributed by atoms with Crippen molar-refractivity contribution in [2.75, 3.05) is 13.1 Å². The van der Waals surface area contributed by atoms with Gasteiger partial charge in [0.15, 0.2) is 0 Å². The third-order valence-electron chi connectivity index (χ3n) is 3.10. The molecule has 1 aromatic carbocycles. The third-order valence-corrected chi connectivity index (χ3v) is 3.76. The van der Waals surface area contributed by atoms with Crippen molar-refractivity contribution in [1.82, 2.24) is 4.90 Å². The lowest BCUT2D eigenvalue weighted by Gasteiger charge is -2.20. The molecule has 1 saturated carbocycles. The van der Waals surface area contributed by atoms with Gasteiger partial charge in [-0.1, -0.05) is 12.0 Å². The SMILES string of the molecule is C#CCN(CC1CC1)C(=O)c1ccc(C)cc1Br. The van der Waals surface area contributed by atoms with Gasteiger partial charge in [0.1, 0.15) is 0 Å². The maximum atomic E-state index is 12.4. The van der Waals surface area contributed by atoms with Crippen LogP contribution in [-0.2, 0) is 0 Å². The number of hydrogen-bond donors (Lipinski definition) is 0. The number of nitrogens with zero attached hydrogens (tertiary/aromatic N) is 1. The van der Waals surface area contributed by atoms with E-state index in [9.17, 15) is 4.79 Å². The van der Waals surface area contributed by atoms with E-state index in [0.717, 1.165) is 16.6 Å². The van der Waals surface area contributed by atoms with Crippen LogP contribution in [-0.4, -0.2) is 23.9 Å². The summed E-state index contributed by atoms with van der Waals surface area (Å²) in [5, 5.41) is 0. The van der Waals surface area contributed by atoms with E-state index in [2.05, 4.69) is 21.9 Å². The number of carbonyl (C=O) groups is 1. The van der Waals surface area contributed by atoms with Crippen LogP contribution in [0.15, 0.2) is 22.7 Å². The number of halogens is 1. The molecule has 94 valence electrons.